The highest BCUT2D eigenvalue weighted by Crippen LogP contribution is 2.19. The lowest BCUT2D eigenvalue weighted by Crippen LogP contribution is -2.07. The normalized spacial score (nSPS) is 10.0. The molecular formula is C10H9ClO4. The molecular weight excluding hydrogens is 220 g/mol. The van der Waals surface area contributed by atoms with Crippen LogP contribution in [-0.4, -0.2) is 22.2 Å². The maximum atomic E-state index is 10.8. The molecule has 0 saturated heterocycles. The van der Waals surface area contributed by atoms with E-state index in [0.717, 1.165) is 6.07 Å². The summed E-state index contributed by atoms with van der Waals surface area (Å²) in [5.41, 5.74) is 0.940. The van der Waals surface area contributed by atoms with Crippen LogP contribution in [-0.2, 0) is 5.88 Å². The van der Waals surface area contributed by atoms with Gasteiger partial charge < -0.3 is 10.2 Å². The molecule has 0 heterocycles. The van der Waals surface area contributed by atoms with Gasteiger partial charge in [-0.2, -0.15) is 0 Å². The zero-order chi connectivity index (χ0) is 11.6. The van der Waals surface area contributed by atoms with E-state index in [-0.39, 0.29) is 17.0 Å². The van der Waals surface area contributed by atoms with Crippen molar-refractivity contribution in [3.05, 3.63) is 34.4 Å². The summed E-state index contributed by atoms with van der Waals surface area (Å²) in [6, 6.07) is 2.52. The van der Waals surface area contributed by atoms with Crippen molar-refractivity contribution in [3.8, 4) is 0 Å². The topological polar surface area (TPSA) is 74.6 Å². The molecule has 0 fully saturated rings. The number of alkyl halides is 1. The molecule has 80 valence electrons. The van der Waals surface area contributed by atoms with Gasteiger partial charge in [0.2, 0.25) is 0 Å². The van der Waals surface area contributed by atoms with Crippen molar-refractivity contribution in [2.45, 2.75) is 12.8 Å². The Hall–Kier alpha value is -1.55. The molecule has 0 amide bonds. The lowest BCUT2D eigenvalue weighted by Gasteiger charge is -2.07. The predicted molar refractivity (Wildman–Crippen MR) is 54.7 cm³/mol. The molecule has 0 bridgehead atoms. The lowest BCUT2D eigenvalue weighted by atomic mass is 9.99. The summed E-state index contributed by atoms with van der Waals surface area (Å²) in [4.78, 5) is 21.5. The van der Waals surface area contributed by atoms with E-state index in [4.69, 9.17) is 21.8 Å². The minimum atomic E-state index is -1.16. The van der Waals surface area contributed by atoms with Crippen LogP contribution in [0.15, 0.2) is 12.1 Å². The second-order valence-corrected chi connectivity index (χ2v) is 3.32. The molecule has 1 aromatic carbocycles. The minimum Gasteiger partial charge on any atom is -0.478 e. The van der Waals surface area contributed by atoms with Crippen LogP contribution in [0, 0.1) is 6.92 Å². The maximum absolute atomic E-state index is 10.8. The van der Waals surface area contributed by atoms with Gasteiger partial charge in [-0.25, -0.2) is 9.59 Å². The molecule has 0 atom stereocenters. The van der Waals surface area contributed by atoms with Gasteiger partial charge in [-0.15, -0.1) is 11.6 Å². The van der Waals surface area contributed by atoms with Crippen molar-refractivity contribution in [2.75, 3.05) is 0 Å². The summed E-state index contributed by atoms with van der Waals surface area (Å²) in [5, 5.41) is 17.6. The molecule has 0 aliphatic rings. The highest BCUT2D eigenvalue weighted by Gasteiger charge is 2.15. The van der Waals surface area contributed by atoms with E-state index in [2.05, 4.69) is 0 Å². The fourth-order valence-corrected chi connectivity index (χ4v) is 1.54. The van der Waals surface area contributed by atoms with E-state index in [9.17, 15) is 9.59 Å². The molecule has 0 aliphatic carbocycles. The average molecular weight is 229 g/mol. The number of carboxylic acids is 2. The van der Waals surface area contributed by atoms with Gasteiger partial charge in [-0.1, -0.05) is 0 Å². The number of halogens is 1. The van der Waals surface area contributed by atoms with Crippen molar-refractivity contribution in [1.82, 2.24) is 0 Å². The zero-order valence-electron chi connectivity index (χ0n) is 7.95. The fraction of sp³-hybridized carbons (Fsp3) is 0.200. The van der Waals surface area contributed by atoms with Crippen LogP contribution < -0.4 is 0 Å². The summed E-state index contributed by atoms with van der Waals surface area (Å²) < 4.78 is 0. The summed E-state index contributed by atoms with van der Waals surface area (Å²) in [6.45, 7) is 1.60. The molecule has 0 aromatic heterocycles. The molecule has 0 unspecified atom stereocenters. The van der Waals surface area contributed by atoms with Crippen LogP contribution in [0.1, 0.15) is 31.8 Å². The first-order valence-electron chi connectivity index (χ1n) is 4.13. The van der Waals surface area contributed by atoms with Crippen molar-refractivity contribution < 1.29 is 19.8 Å². The number of carboxylic acid groups (broad SMARTS) is 2. The quantitative estimate of drug-likeness (QED) is 0.778. The first-order chi connectivity index (χ1) is 6.97. The number of hydrogen-bond acceptors (Lipinski definition) is 2. The molecule has 0 spiro atoms. The summed E-state index contributed by atoms with van der Waals surface area (Å²) in [6.07, 6.45) is 0. The van der Waals surface area contributed by atoms with Crippen LogP contribution in [0.5, 0.6) is 0 Å². The summed E-state index contributed by atoms with van der Waals surface area (Å²) >= 11 is 5.60. The van der Waals surface area contributed by atoms with Crippen molar-refractivity contribution in [3.63, 3.8) is 0 Å². The van der Waals surface area contributed by atoms with Crippen molar-refractivity contribution in [2.24, 2.45) is 0 Å². The summed E-state index contributed by atoms with van der Waals surface area (Å²) in [7, 11) is 0. The second kappa shape index (κ2) is 4.31. The molecule has 0 saturated carbocycles. The third kappa shape index (κ3) is 2.27. The summed E-state index contributed by atoms with van der Waals surface area (Å²) in [5.74, 6) is -2.22. The Morgan fingerprint density at radius 3 is 2.27 bits per heavy atom. The number of hydrogen-bond donors (Lipinski definition) is 2. The van der Waals surface area contributed by atoms with Crippen LogP contribution >= 0.6 is 11.6 Å². The molecule has 0 radical (unpaired) electrons. The van der Waals surface area contributed by atoms with Crippen LogP contribution in [0.4, 0.5) is 0 Å². The Morgan fingerprint density at radius 1 is 1.27 bits per heavy atom. The third-order valence-corrected chi connectivity index (χ3v) is 2.42. The zero-order valence-corrected chi connectivity index (χ0v) is 8.71. The number of carbonyl (C=O) groups is 2. The number of rotatable bonds is 3. The Bertz CT molecular complexity index is 426. The smallest absolute Gasteiger partial charge is 0.335 e. The van der Waals surface area contributed by atoms with Crippen molar-refractivity contribution in [1.29, 1.82) is 0 Å². The molecule has 4 nitrogen and oxygen atoms in total. The van der Waals surface area contributed by atoms with Gasteiger partial charge in [0.1, 0.15) is 0 Å². The van der Waals surface area contributed by atoms with Crippen LogP contribution in [0.2, 0.25) is 0 Å². The molecule has 5 heteroatoms. The van der Waals surface area contributed by atoms with Gasteiger partial charge in [0.15, 0.2) is 0 Å². The van der Waals surface area contributed by atoms with Gasteiger partial charge in [0.05, 0.1) is 11.1 Å². The minimum absolute atomic E-state index is 0.0226. The van der Waals surface area contributed by atoms with E-state index in [1.165, 1.54) is 6.07 Å². The molecule has 15 heavy (non-hydrogen) atoms. The predicted octanol–water partition coefficient (Wildman–Crippen LogP) is 2.13. The first-order valence-corrected chi connectivity index (χ1v) is 4.67. The van der Waals surface area contributed by atoms with Gasteiger partial charge in [0.25, 0.3) is 0 Å². The maximum Gasteiger partial charge on any atom is 0.335 e. The monoisotopic (exact) mass is 228 g/mol. The largest absolute Gasteiger partial charge is 0.478 e. The average Bonchev–Trinajstić information content (AvgIpc) is 2.17. The molecule has 2 N–H and O–H groups in total. The highest BCUT2D eigenvalue weighted by molar-refractivity contribution is 6.17. The first kappa shape index (κ1) is 11.5. The van der Waals surface area contributed by atoms with E-state index in [0.29, 0.717) is 11.1 Å². The number of benzene rings is 1. The number of aromatic carboxylic acids is 2. The van der Waals surface area contributed by atoms with E-state index >= 15 is 0 Å². The lowest BCUT2D eigenvalue weighted by molar-refractivity contribution is 0.0695. The Labute approximate surface area is 91.1 Å². The fourth-order valence-electron chi connectivity index (χ4n) is 1.26. The Morgan fingerprint density at radius 2 is 1.87 bits per heavy atom. The van der Waals surface area contributed by atoms with Gasteiger partial charge >= 0.3 is 11.9 Å². The molecule has 1 aromatic rings. The second-order valence-electron chi connectivity index (χ2n) is 3.05. The van der Waals surface area contributed by atoms with Crippen LogP contribution in [0.25, 0.3) is 0 Å². The Kier molecular flexibility index (Phi) is 3.31. The van der Waals surface area contributed by atoms with Gasteiger partial charge in [-0.05, 0) is 30.2 Å². The third-order valence-electron chi connectivity index (χ3n) is 2.14. The van der Waals surface area contributed by atoms with E-state index in [1.807, 2.05) is 0 Å². The highest BCUT2D eigenvalue weighted by atomic mass is 35.5. The van der Waals surface area contributed by atoms with Gasteiger partial charge in [-0.3, -0.25) is 0 Å². The van der Waals surface area contributed by atoms with E-state index in [1.54, 1.807) is 6.92 Å². The SMILES string of the molecule is Cc1c(CCl)cc(C(=O)O)cc1C(=O)O. The standard InChI is InChI=1S/C10H9ClO4/c1-5-7(4-11)2-6(9(12)13)3-8(5)10(14)15/h2-3H,4H2,1H3,(H,12,13)(H,14,15). The van der Waals surface area contributed by atoms with Gasteiger partial charge in [0, 0.05) is 5.88 Å². The molecule has 1 rings (SSSR count). The molecule has 0 aliphatic heterocycles. The Balaban J connectivity index is 3.45. The van der Waals surface area contributed by atoms with Crippen LogP contribution in [0.3, 0.4) is 0 Å². The van der Waals surface area contributed by atoms with E-state index < -0.39 is 11.9 Å². The van der Waals surface area contributed by atoms with Crippen molar-refractivity contribution >= 4 is 23.5 Å².